The predicted molar refractivity (Wildman–Crippen MR) is 200 cm³/mol. The first kappa shape index (κ1) is 38.2. The number of hydrogen-bond donors (Lipinski definition) is 4. The maximum Gasteiger partial charge on any atom is 0.297 e. The van der Waals surface area contributed by atoms with E-state index in [0.717, 1.165) is 23.9 Å². The number of anilines is 4. The van der Waals surface area contributed by atoms with Crippen molar-refractivity contribution in [3.63, 3.8) is 0 Å². The fourth-order valence-electron chi connectivity index (χ4n) is 5.25. The lowest BCUT2D eigenvalue weighted by molar-refractivity contribution is -0.116. The van der Waals surface area contributed by atoms with Gasteiger partial charge in [0.2, 0.25) is 5.91 Å². The average molecular weight is 751 g/mol. The second kappa shape index (κ2) is 18.4. The summed E-state index contributed by atoms with van der Waals surface area (Å²) in [6.07, 6.45) is 11.2. The molecule has 0 bridgehead atoms. The molecule has 1 heterocycles. The number of amides is 1. The average Bonchev–Trinajstić information content (AvgIpc) is 3.36. The van der Waals surface area contributed by atoms with E-state index in [1.807, 2.05) is 0 Å². The lowest BCUT2D eigenvalue weighted by Crippen LogP contribution is -2.23. The van der Waals surface area contributed by atoms with Gasteiger partial charge in [-0.05, 0) is 36.8 Å². The zero-order chi connectivity index (χ0) is 35.4. The smallest absolute Gasteiger partial charge is 0.297 e. The van der Waals surface area contributed by atoms with Crippen LogP contribution in [0.15, 0.2) is 76.4 Å². The molecular formula is C35H42Cl3N5O5S. The van der Waals surface area contributed by atoms with Crippen LogP contribution in [0.1, 0.15) is 71.1 Å². The lowest BCUT2D eigenvalue weighted by Gasteiger charge is -2.13. The van der Waals surface area contributed by atoms with Gasteiger partial charge in [-0.1, -0.05) is 112 Å². The van der Waals surface area contributed by atoms with E-state index < -0.39 is 21.0 Å². The highest BCUT2D eigenvalue weighted by Gasteiger charge is 2.25. The minimum absolute atomic E-state index is 0.00322. The van der Waals surface area contributed by atoms with Crippen molar-refractivity contribution in [2.45, 2.75) is 81.4 Å². The molecule has 1 amide bonds. The van der Waals surface area contributed by atoms with Gasteiger partial charge in [-0.15, -0.1) is 11.6 Å². The molecule has 0 saturated carbocycles. The van der Waals surface area contributed by atoms with E-state index in [2.05, 4.69) is 27.4 Å². The molecule has 0 radical (unpaired) electrons. The van der Waals surface area contributed by atoms with Gasteiger partial charge in [0.05, 0.1) is 22.1 Å². The third-order valence-corrected chi connectivity index (χ3v) is 10.2. The number of methoxy groups -OCH3 is 1. The number of carbonyl (C=O) groups is 1. The molecule has 0 fully saturated rings. The number of sulfonamides is 1. The van der Waals surface area contributed by atoms with Crippen molar-refractivity contribution in [1.29, 1.82) is 0 Å². The number of rotatable bonds is 19. The molecule has 1 unspecified atom stereocenters. The Balaban J connectivity index is 1.51. The number of ether oxygens (including phenoxy) is 1. The normalized spacial score (nSPS) is 12.0. The summed E-state index contributed by atoms with van der Waals surface area (Å²) in [6.45, 7) is 2.21. The van der Waals surface area contributed by atoms with Gasteiger partial charge in [-0.3, -0.25) is 19.4 Å². The Labute approximate surface area is 302 Å². The van der Waals surface area contributed by atoms with Gasteiger partial charge in [0.15, 0.2) is 11.5 Å². The Bertz CT molecular complexity index is 1840. The van der Waals surface area contributed by atoms with Crippen molar-refractivity contribution in [2.24, 2.45) is 0 Å². The maximum absolute atomic E-state index is 13.8. The van der Waals surface area contributed by atoms with Gasteiger partial charge < -0.3 is 15.4 Å². The van der Waals surface area contributed by atoms with Crippen LogP contribution < -0.4 is 25.7 Å². The topological polar surface area (TPSA) is 134 Å². The third kappa shape index (κ3) is 10.7. The van der Waals surface area contributed by atoms with Crippen LogP contribution >= 0.6 is 34.8 Å². The molecule has 4 rings (SSSR count). The quantitative estimate of drug-likeness (QED) is 0.0557. The molecule has 1 aromatic heterocycles. The standard InChI is InChI=1S/C35H42Cl3N5O5S/c1-3-4-5-6-7-8-9-10-14-20-28(36)34(44)40-25-17-15-16-24(21-25)39-33-31(42-49(46,47)27-18-12-11-13-19-27)35(45)43(41-33)32-29(37)22-26(48-2)23-30(32)38/h11-13,15-19,21-23,28,39,41-42H,3-10,14,20H2,1-2H3,(H,40,44). The van der Waals surface area contributed by atoms with Crippen LogP contribution in [0.25, 0.3) is 5.69 Å². The Morgan fingerprint density at radius 1 is 0.878 bits per heavy atom. The molecule has 0 spiro atoms. The predicted octanol–water partition coefficient (Wildman–Crippen LogP) is 9.49. The molecule has 1 atom stereocenters. The molecule has 0 saturated heterocycles. The molecule has 3 aromatic carbocycles. The summed E-state index contributed by atoms with van der Waals surface area (Å²) in [5.74, 6) is 0.0440. The van der Waals surface area contributed by atoms with Crippen molar-refractivity contribution in [1.82, 2.24) is 9.78 Å². The van der Waals surface area contributed by atoms with Crippen molar-refractivity contribution in [2.75, 3.05) is 22.5 Å². The molecule has 0 aliphatic heterocycles. The lowest BCUT2D eigenvalue weighted by atomic mass is 10.1. The highest BCUT2D eigenvalue weighted by Crippen LogP contribution is 2.34. The Hall–Kier alpha value is -3.64. The number of carbonyl (C=O) groups excluding carboxylic acids is 1. The Morgan fingerprint density at radius 3 is 2.12 bits per heavy atom. The summed E-state index contributed by atoms with van der Waals surface area (Å²) in [7, 11) is -2.74. The van der Waals surface area contributed by atoms with Crippen LogP contribution in [-0.2, 0) is 14.8 Å². The zero-order valence-electron chi connectivity index (χ0n) is 27.5. The molecular weight excluding hydrogens is 709 g/mol. The van der Waals surface area contributed by atoms with Crippen LogP contribution in [0.5, 0.6) is 5.75 Å². The number of nitrogens with one attached hydrogen (secondary N) is 4. The monoisotopic (exact) mass is 749 g/mol. The molecule has 4 aromatic rings. The van der Waals surface area contributed by atoms with Crippen molar-refractivity contribution in [3.8, 4) is 11.4 Å². The van der Waals surface area contributed by atoms with E-state index in [1.54, 1.807) is 42.5 Å². The highest BCUT2D eigenvalue weighted by molar-refractivity contribution is 7.92. The van der Waals surface area contributed by atoms with Gasteiger partial charge in [0, 0.05) is 23.5 Å². The summed E-state index contributed by atoms with van der Waals surface area (Å²) >= 11 is 19.4. The number of benzene rings is 3. The van der Waals surface area contributed by atoms with Crippen molar-refractivity contribution < 1.29 is 17.9 Å². The van der Waals surface area contributed by atoms with Gasteiger partial charge in [0.1, 0.15) is 16.8 Å². The zero-order valence-corrected chi connectivity index (χ0v) is 30.6. The fraction of sp³-hybridized carbons (Fsp3) is 0.371. The fourth-order valence-corrected chi connectivity index (χ4v) is 7.19. The van der Waals surface area contributed by atoms with E-state index in [0.29, 0.717) is 23.5 Å². The van der Waals surface area contributed by atoms with Crippen LogP contribution in [0, 0.1) is 0 Å². The molecule has 4 N–H and O–H groups in total. The van der Waals surface area contributed by atoms with Crippen molar-refractivity contribution in [3.05, 3.63) is 87.1 Å². The summed E-state index contributed by atoms with van der Waals surface area (Å²) in [4.78, 5) is 26.6. The Morgan fingerprint density at radius 2 is 1.49 bits per heavy atom. The molecule has 49 heavy (non-hydrogen) atoms. The molecule has 0 aliphatic rings. The summed E-state index contributed by atoms with van der Waals surface area (Å²) in [6, 6.07) is 17.3. The maximum atomic E-state index is 13.8. The van der Waals surface area contributed by atoms with Crippen LogP contribution in [-0.4, -0.2) is 36.6 Å². The van der Waals surface area contributed by atoms with Crippen LogP contribution in [0.2, 0.25) is 10.0 Å². The van der Waals surface area contributed by atoms with E-state index in [4.69, 9.17) is 39.5 Å². The first-order chi connectivity index (χ1) is 23.5. The number of aromatic amines is 1. The molecule has 264 valence electrons. The summed E-state index contributed by atoms with van der Waals surface area (Å²) in [5.41, 5.74) is -0.112. The number of alkyl halides is 1. The van der Waals surface area contributed by atoms with E-state index in [1.165, 1.54) is 69.9 Å². The first-order valence-electron chi connectivity index (χ1n) is 16.3. The largest absolute Gasteiger partial charge is 0.497 e. The number of unbranched alkanes of at least 4 members (excludes halogenated alkanes) is 8. The van der Waals surface area contributed by atoms with E-state index in [9.17, 15) is 18.0 Å². The van der Waals surface area contributed by atoms with Crippen molar-refractivity contribution >= 4 is 73.6 Å². The third-order valence-electron chi connectivity index (χ3n) is 7.88. The first-order valence-corrected chi connectivity index (χ1v) is 19.0. The van der Waals surface area contributed by atoms with E-state index in [-0.39, 0.29) is 38.0 Å². The number of aromatic nitrogens is 2. The minimum Gasteiger partial charge on any atom is -0.497 e. The molecule has 0 aliphatic carbocycles. The molecule has 14 heteroatoms. The number of halogens is 3. The number of hydrogen-bond acceptors (Lipinski definition) is 6. The number of H-pyrrole nitrogens is 1. The van der Waals surface area contributed by atoms with E-state index >= 15 is 0 Å². The second-order valence-corrected chi connectivity index (χ2v) is 14.7. The molecule has 10 nitrogen and oxygen atoms in total. The van der Waals surface area contributed by atoms with Gasteiger partial charge >= 0.3 is 0 Å². The van der Waals surface area contributed by atoms with Gasteiger partial charge in [-0.25, -0.2) is 13.1 Å². The highest BCUT2D eigenvalue weighted by atomic mass is 35.5. The number of nitrogens with zero attached hydrogens (tertiary/aromatic N) is 1. The second-order valence-electron chi connectivity index (χ2n) is 11.6. The SMILES string of the molecule is CCCCCCCCCCCC(Cl)C(=O)Nc1cccc(Nc2[nH]n(-c3c(Cl)cc(OC)cc3Cl)c(=O)c2NS(=O)(=O)c2ccccc2)c1. The van der Waals surface area contributed by atoms with Crippen LogP contribution in [0.4, 0.5) is 22.9 Å². The Kier molecular flexibility index (Phi) is 14.3. The van der Waals surface area contributed by atoms with Crippen LogP contribution in [0.3, 0.4) is 0 Å². The summed E-state index contributed by atoms with van der Waals surface area (Å²) < 4.78 is 35.3. The summed E-state index contributed by atoms with van der Waals surface area (Å²) in [5, 5.41) is 8.26. The van der Waals surface area contributed by atoms with Gasteiger partial charge in [-0.2, -0.15) is 0 Å². The minimum atomic E-state index is -4.18. The van der Waals surface area contributed by atoms with Gasteiger partial charge in [0.25, 0.3) is 15.6 Å².